The molecule has 0 aliphatic carbocycles. The van der Waals surface area contributed by atoms with E-state index in [1.807, 2.05) is 58.0 Å². The second kappa shape index (κ2) is 10.1. The number of nitrogens with one attached hydrogen (secondary N) is 2. The normalized spacial score (nSPS) is 11.1. The van der Waals surface area contributed by atoms with Gasteiger partial charge in [-0.05, 0) is 56.5 Å². The van der Waals surface area contributed by atoms with E-state index >= 15 is 0 Å². The molecule has 0 atom stereocenters. The molecule has 3 aromatic rings. The van der Waals surface area contributed by atoms with E-state index in [4.69, 9.17) is 0 Å². The zero-order valence-corrected chi connectivity index (χ0v) is 19.4. The maximum atomic E-state index is 12.3. The maximum Gasteiger partial charge on any atom is 0.234 e. The maximum absolute atomic E-state index is 12.3. The van der Waals surface area contributed by atoms with Gasteiger partial charge < -0.3 is 10.6 Å². The topological polar surface area (TPSA) is 71.1 Å². The fourth-order valence-corrected chi connectivity index (χ4v) is 5.12. The van der Waals surface area contributed by atoms with Crippen LogP contribution in [0.4, 0.5) is 11.4 Å². The number of carbonyl (C=O) groups is 2. The van der Waals surface area contributed by atoms with Crippen molar-refractivity contribution in [3.05, 3.63) is 47.5 Å². The average Bonchev–Trinajstić information content (AvgIpc) is 3.12. The Kier molecular flexibility index (Phi) is 7.50. The molecule has 2 N–H and O–H groups in total. The van der Waals surface area contributed by atoms with Gasteiger partial charge in [0, 0.05) is 17.3 Å². The number of thioether (sulfide) groups is 1. The lowest BCUT2D eigenvalue weighted by atomic mass is 10.0. The van der Waals surface area contributed by atoms with Gasteiger partial charge in [0.25, 0.3) is 0 Å². The first-order chi connectivity index (χ1) is 14.4. The number of thiazole rings is 1. The highest BCUT2D eigenvalue weighted by Crippen LogP contribution is 2.31. The van der Waals surface area contributed by atoms with Crippen LogP contribution < -0.4 is 10.6 Å². The van der Waals surface area contributed by atoms with Crippen LogP contribution in [0.5, 0.6) is 0 Å². The predicted molar refractivity (Wildman–Crippen MR) is 128 cm³/mol. The van der Waals surface area contributed by atoms with Gasteiger partial charge in [-0.2, -0.15) is 0 Å². The Labute approximate surface area is 185 Å². The van der Waals surface area contributed by atoms with Crippen LogP contribution >= 0.6 is 23.1 Å². The smallest absolute Gasteiger partial charge is 0.234 e. The van der Waals surface area contributed by atoms with E-state index in [1.54, 1.807) is 0 Å². The number of fused-ring (bicyclic) bond motifs is 1. The Morgan fingerprint density at radius 1 is 1.07 bits per heavy atom. The first kappa shape index (κ1) is 22.3. The van der Waals surface area contributed by atoms with Crippen LogP contribution in [-0.2, 0) is 9.59 Å². The summed E-state index contributed by atoms with van der Waals surface area (Å²) in [5.74, 6) is 0.334. The Morgan fingerprint density at radius 3 is 2.53 bits per heavy atom. The summed E-state index contributed by atoms with van der Waals surface area (Å²) in [6.07, 6.45) is 1.66. The Morgan fingerprint density at radius 2 is 1.83 bits per heavy atom. The van der Waals surface area contributed by atoms with Gasteiger partial charge in [-0.3, -0.25) is 9.59 Å². The number of aryl methyl sites for hydroxylation is 2. The van der Waals surface area contributed by atoms with E-state index in [9.17, 15) is 9.59 Å². The number of aromatic nitrogens is 1. The predicted octanol–water partition coefficient (Wildman–Crippen LogP) is 6.02. The highest BCUT2D eigenvalue weighted by molar-refractivity contribution is 8.01. The molecule has 0 radical (unpaired) electrons. The SMILES string of the molecule is CCC(CC)C(=O)Nc1ccc2nc(SCC(=O)Nc3ccc(C)cc3C)sc2c1. The molecular weight excluding hydrogens is 414 g/mol. The fraction of sp³-hybridized carbons (Fsp3) is 0.348. The number of nitrogens with zero attached hydrogens (tertiary/aromatic N) is 1. The standard InChI is InChI=1S/C23H27N3O2S2/c1-5-16(6-2)22(28)24-17-8-10-19-20(12-17)30-23(26-19)29-13-21(27)25-18-9-7-14(3)11-15(18)4/h7-12,16H,5-6,13H2,1-4H3,(H,24,28)(H,25,27). The third-order valence-corrected chi connectivity index (χ3v) is 7.14. The average molecular weight is 442 g/mol. The Hall–Kier alpha value is -2.38. The summed E-state index contributed by atoms with van der Waals surface area (Å²) in [7, 11) is 0. The zero-order chi connectivity index (χ0) is 21.7. The van der Waals surface area contributed by atoms with Crippen molar-refractivity contribution >= 4 is 56.5 Å². The second-order valence-corrected chi connectivity index (χ2v) is 9.57. The lowest BCUT2D eigenvalue weighted by Crippen LogP contribution is -2.21. The van der Waals surface area contributed by atoms with Gasteiger partial charge in [0.2, 0.25) is 11.8 Å². The number of hydrogen-bond donors (Lipinski definition) is 2. The highest BCUT2D eigenvalue weighted by atomic mass is 32.2. The summed E-state index contributed by atoms with van der Waals surface area (Å²) in [5.41, 5.74) is 4.72. The largest absolute Gasteiger partial charge is 0.326 e. The molecule has 0 unspecified atom stereocenters. The minimum absolute atomic E-state index is 0.0314. The van der Waals surface area contributed by atoms with Gasteiger partial charge in [-0.1, -0.05) is 43.3 Å². The molecule has 2 aromatic carbocycles. The van der Waals surface area contributed by atoms with Crippen LogP contribution in [-0.4, -0.2) is 22.6 Å². The van der Waals surface area contributed by atoms with Crippen molar-refractivity contribution in [1.29, 1.82) is 0 Å². The third kappa shape index (κ3) is 5.61. The molecule has 5 nitrogen and oxygen atoms in total. The molecule has 7 heteroatoms. The number of amides is 2. The Bertz CT molecular complexity index is 1060. The van der Waals surface area contributed by atoms with Crippen LogP contribution in [0.2, 0.25) is 0 Å². The lowest BCUT2D eigenvalue weighted by molar-refractivity contribution is -0.120. The van der Waals surface area contributed by atoms with E-state index in [-0.39, 0.29) is 17.7 Å². The number of carbonyl (C=O) groups excluding carboxylic acids is 2. The number of benzene rings is 2. The summed E-state index contributed by atoms with van der Waals surface area (Å²) in [6, 6.07) is 11.7. The summed E-state index contributed by atoms with van der Waals surface area (Å²) in [6.45, 7) is 8.08. The van der Waals surface area contributed by atoms with Gasteiger partial charge in [0.05, 0.1) is 16.0 Å². The van der Waals surface area contributed by atoms with Crippen molar-refractivity contribution in [2.75, 3.05) is 16.4 Å². The molecule has 3 rings (SSSR count). The van der Waals surface area contributed by atoms with Gasteiger partial charge in [0.1, 0.15) is 0 Å². The Balaban J connectivity index is 1.61. The van der Waals surface area contributed by atoms with Crippen LogP contribution in [0.1, 0.15) is 37.8 Å². The van der Waals surface area contributed by atoms with E-state index < -0.39 is 0 Å². The molecule has 1 aromatic heterocycles. The van der Waals surface area contributed by atoms with Crippen LogP contribution in [0.3, 0.4) is 0 Å². The molecule has 2 amide bonds. The lowest BCUT2D eigenvalue weighted by Gasteiger charge is -2.12. The third-order valence-electron chi connectivity index (χ3n) is 4.98. The van der Waals surface area contributed by atoms with E-state index in [2.05, 4.69) is 21.7 Å². The van der Waals surface area contributed by atoms with Crippen molar-refractivity contribution in [2.45, 2.75) is 44.9 Å². The van der Waals surface area contributed by atoms with E-state index in [1.165, 1.54) is 28.7 Å². The van der Waals surface area contributed by atoms with E-state index in [0.29, 0.717) is 5.75 Å². The quantitative estimate of drug-likeness (QED) is 0.419. The molecule has 0 bridgehead atoms. The number of hydrogen-bond acceptors (Lipinski definition) is 5. The van der Waals surface area contributed by atoms with Crippen molar-refractivity contribution in [3.8, 4) is 0 Å². The van der Waals surface area contributed by atoms with Gasteiger partial charge >= 0.3 is 0 Å². The summed E-state index contributed by atoms with van der Waals surface area (Å²) in [4.78, 5) is 29.2. The molecule has 30 heavy (non-hydrogen) atoms. The van der Waals surface area contributed by atoms with Crippen LogP contribution in [0.15, 0.2) is 40.7 Å². The van der Waals surface area contributed by atoms with Gasteiger partial charge in [0.15, 0.2) is 4.34 Å². The molecular formula is C23H27N3O2S2. The number of rotatable bonds is 8. The van der Waals surface area contributed by atoms with E-state index in [0.717, 1.165) is 44.3 Å². The molecule has 0 aliphatic rings. The monoisotopic (exact) mass is 441 g/mol. The molecule has 1 heterocycles. The molecule has 158 valence electrons. The van der Waals surface area contributed by atoms with Crippen molar-refractivity contribution in [2.24, 2.45) is 5.92 Å². The zero-order valence-electron chi connectivity index (χ0n) is 17.7. The van der Waals surface area contributed by atoms with Crippen LogP contribution in [0, 0.1) is 19.8 Å². The summed E-state index contributed by atoms with van der Waals surface area (Å²) in [5, 5.41) is 5.96. The molecule has 0 saturated carbocycles. The fourth-order valence-electron chi connectivity index (χ4n) is 3.21. The first-order valence-corrected chi connectivity index (χ1v) is 11.9. The van der Waals surface area contributed by atoms with Gasteiger partial charge in [-0.25, -0.2) is 4.98 Å². The minimum Gasteiger partial charge on any atom is -0.326 e. The van der Waals surface area contributed by atoms with Crippen LogP contribution in [0.25, 0.3) is 10.2 Å². The minimum atomic E-state index is -0.0515. The van der Waals surface area contributed by atoms with Crippen molar-refractivity contribution in [1.82, 2.24) is 4.98 Å². The van der Waals surface area contributed by atoms with Crippen molar-refractivity contribution < 1.29 is 9.59 Å². The van der Waals surface area contributed by atoms with Gasteiger partial charge in [-0.15, -0.1) is 11.3 Å². The molecule has 0 saturated heterocycles. The molecule has 0 fully saturated rings. The molecule has 0 spiro atoms. The summed E-state index contributed by atoms with van der Waals surface area (Å²) < 4.78 is 1.83. The highest BCUT2D eigenvalue weighted by Gasteiger charge is 2.15. The summed E-state index contributed by atoms with van der Waals surface area (Å²) >= 11 is 2.95. The molecule has 0 aliphatic heterocycles. The first-order valence-electron chi connectivity index (χ1n) is 10.1. The van der Waals surface area contributed by atoms with Crippen molar-refractivity contribution in [3.63, 3.8) is 0 Å². The second-order valence-electron chi connectivity index (χ2n) is 7.32. The number of anilines is 2.